The van der Waals surface area contributed by atoms with E-state index in [2.05, 4.69) is 0 Å². The quantitative estimate of drug-likeness (QED) is 0.814. The number of amides is 1. The highest BCUT2D eigenvalue weighted by Gasteiger charge is 2.23. The number of rotatable bonds is 6. The summed E-state index contributed by atoms with van der Waals surface area (Å²) >= 11 is 0. The zero-order valence-corrected chi connectivity index (χ0v) is 14.1. The smallest absolute Gasteiger partial charge is 0.238 e. The summed E-state index contributed by atoms with van der Waals surface area (Å²) in [6, 6.07) is 15.6. The Morgan fingerprint density at radius 3 is 2.43 bits per heavy atom. The van der Waals surface area contributed by atoms with Crippen LogP contribution in [0, 0.1) is 5.82 Å². The van der Waals surface area contributed by atoms with Crippen molar-refractivity contribution in [2.75, 3.05) is 7.05 Å². The van der Waals surface area contributed by atoms with E-state index in [-0.39, 0.29) is 17.5 Å². The fraction of sp³-hybridized carbons (Fsp3) is 0.278. The lowest BCUT2D eigenvalue weighted by atomic mass is 10.2. The molecule has 122 valence electrons. The van der Waals surface area contributed by atoms with Crippen LogP contribution >= 0.6 is 0 Å². The molecule has 5 heteroatoms. The zero-order valence-electron chi connectivity index (χ0n) is 13.2. The first-order chi connectivity index (χ1) is 11.0. The minimum Gasteiger partial charge on any atom is -0.340 e. The Morgan fingerprint density at radius 2 is 1.78 bits per heavy atom. The SMILES string of the molecule is C[C@H](C(=O)N(C)Cc1ccccc1)[S@](=O)Cc1cccc(F)c1. The molecule has 2 aromatic rings. The van der Waals surface area contributed by atoms with Crippen molar-refractivity contribution in [1.82, 2.24) is 4.90 Å². The van der Waals surface area contributed by atoms with Crippen molar-refractivity contribution in [3.05, 3.63) is 71.5 Å². The van der Waals surface area contributed by atoms with Gasteiger partial charge in [0.25, 0.3) is 0 Å². The van der Waals surface area contributed by atoms with Crippen LogP contribution in [0.25, 0.3) is 0 Å². The molecule has 0 heterocycles. The van der Waals surface area contributed by atoms with Gasteiger partial charge in [-0.2, -0.15) is 0 Å². The molecular formula is C18H20FNO2S. The van der Waals surface area contributed by atoms with Crippen LogP contribution in [-0.4, -0.2) is 27.3 Å². The molecule has 2 rings (SSSR count). The standard InChI is InChI=1S/C18H20FNO2S/c1-14(23(22)13-16-9-6-10-17(19)11-16)18(21)20(2)12-15-7-4-3-5-8-15/h3-11,14H,12-13H2,1-2H3/t14-,23-/m1/s1. The van der Waals surface area contributed by atoms with Gasteiger partial charge in [0, 0.05) is 30.1 Å². The minimum atomic E-state index is -1.39. The topological polar surface area (TPSA) is 37.4 Å². The van der Waals surface area contributed by atoms with Crippen molar-refractivity contribution in [2.24, 2.45) is 0 Å². The molecule has 2 aromatic carbocycles. The summed E-state index contributed by atoms with van der Waals surface area (Å²) in [7, 11) is 0.309. The molecule has 3 nitrogen and oxygen atoms in total. The van der Waals surface area contributed by atoms with Crippen LogP contribution in [0.1, 0.15) is 18.1 Å². The Hall–Kier alpha value is -2.01. The van der Waals surface area contributed by atoms with Crippen LogP contribution in [0.5, 0.6) is 0 Å². The molecule has 23 heavy (non-hydrogen) atoms. The van der Waals surface area contributed by atoms with E-state index in [1.54, 1.807) is 31.0 Å². The summed E-state index contributed by atoms with van der Waals surface area (Å²) in [6.07, 6.45) is 0. The Bertz CT molecular complexity index is 690. The number of nitrogens with zero attached hydrogens (tertiary/aromatic N) is 1. The fourth-order valence-corrected chi connectivity index (χ4v) is 3.44. The predicted octanol–water partition coefficient (Wildman–Crippen LogP) is 3.12. The summed E-state index contributed by atoms with van der Waals surface area (Å²) < 4.78 is 25.5. The molecule has 0 aromatic heterocycles. The first-order valence-electron chi connectivity index (χ1n) is 7.38. The maximum Gasteiger partial charge on any atom is 0.238 e. The Kier molecular flexibility index (Phi) is 6.04. The van der Waals surface area contributed by atoms with Crippen LogP contribution in [0.3, 0.4) is 0 Å². The van der Waals surface area contributed by atoms with Gasteiger partial charge in [0.15, 0.2) is 0 Å². The molecule has 0 N–H and O–H groups in total. The second-order valence-corrected chi connectivity index (χ2v) is 7.23. The average Bonchev–Trinajstić information content (AvgIpc) is 2.54. The van der Waals surface area contributed by atoms with Gasteiger partial charge in [-0.1, -0.05) is 42.5 Å². The van der Waals surface area contributed by atoms with Crippen molar-refractivity contribution in [1.29, 1.82) is 0 Å². The highest BCUT2D eigenvalue weighted by molar-refractivity contribution is 7.85. The molecule has 2 atom stereocenters. The molecule has 0 bridgehead atoms. The molecule has 1 amide bonds. The van der Waals surface area contributed by atoms with E-state index in [0.717, 1.165) is 5.56 Å². The lowest BCUT2D eigenvalue weighted by molar-refractivity contribution is -0.129. The van der Waals surface area contributed by atoms with Gasteiger partial charge in [-0.05, 0) is 30.2 Å². The van der Waals surface area contributed by atoms with Gasteiger partial charge >= 0.3 is 0 Å². The number of halogens is 1. The van der Waals surface area contributed by atoms with Crippen molar-refractivity contribution < 1.29 is 13.4 Å². The van der Waals surface area contributed by atoms with Gasteiger partial charge in [0.2, 0.25) is 5.91 Å². The van der Waals surface area contributed by atoms with Crippen LogP contribution in [0.4, 0.5) is 4.39 Å². The lowest BCUT2D eigenvalue weighted by Gasteiger charge is -2.21. The number of carbonyl (C=O) groups is 1. The monoisotopic (exact) mass is 333 g/mol. The molecule has 0 aliphatic carbocycles. The second-order valence-electron chi connectivity index (χ2n) is 5.48. The summed E-state index contributed by atoms with van der Waals surface area (Å²) in [6.45, 7) is 2.13. The summed E-state index contributed by atoms with van der Waals surface area (Å²) in [4.78, 5) is 14.0. The average molecular weight is 333 g/mol. The van der Waals surface area contributed by atoms with E-state index >= 15 is 0 Å². The van der Waals surface area contributed by atoms with Crippen LogP contribution in [0.15, 0.2) is 54.6 Å². The Morgan fingerprint density at radius 1 is 1.13 bits per heavy atom. The summed E-state index contributed by atoms with van der Waals surface area (Å²) in [5.41, 5.74) is 1.65. The maximum absolute atomic E-state index is 13.2. The molecule has 0 spiro atoms. The normalized spacial score (nSPS) is 13.3. The first-order valence-corrected chi connectivity index (χ1v) is 8.76. The molecule has 0 saturated heterocycles. The summed E-state index contributed by atoms with van der Waals surface area (Å²) in [5, 5.41) is -0.632. The van der Waals surface area contributed by atoms with E-state index in [9.17, 15) is 13.4 Å². The fourth-order valence-electron chi connectivity index (χ4n) is 2.27. The van der Waals surface area contributed by atoms with Gasteiger partial charge < -0.3 is 4.90 Å². The molecule has 0 unspecified atom stereocenters. The number of hydrogen-bond donors (Lipinski definition) is 0. The molecule has 0 saturated carbocycles. The number of carbonyl (C=O) groups excluding carboxylic acids is 1. The third kappa shape index (κ3) is 4.99. The third-order valence-electron chi connectivity index (χ3n) is 3.58. The van der Waals surface area contributed by atoms with Crippen LogP contribution in [-0.2, 0) is 27.9 Å². The van der Waals surface area contributed by atoms with Crippen molar-refractivity contribution >= 4 is 16.7 Å². The minimum absolute atomic E-state index is 0.170. The molecule has 0 aliphatic heterocycles. The van der Waals surface area contributed by atoms with Crippen molar-refractivity contribution in [3.63, 3.8) is 0 Å². The zero-order chi connectivity index (χ0) is 16.8. The van der Waals surface area contributed by atoms with Crippen LogP contribution in [0.2, 0.25) is 0 Å². The van der Waals surface area contributed by atoms with Gasteiger partial charge in [-0.15, -0.1) is 0 Å². The molecule has 0 aliphatic rings. The second kappa shape index (κ2) is 8.02. The van der Waals surface area contributed by atoms with E-state index in [1.165, 1.54) is 12.1 Å². The van der Waals surface area contributed by atoms with E-state index in [4.69, 9.17) is 0 Å². The Balaban J connectivity index is 1.96. The number of hydrogen-bond acceptors (Lipinski definition) is 2. The first kappa shape index (κ1) is 17.3. The molecule has 0 fully saturated rings. The lowest BCUT2D eigenvalue weighted by Crippen LogP contribution is -2.37. The van der Waals surface area contributed by atoms with Gasteiger partial charge in [-0.3, -0.25) is 9.00 Å². The summed E-state index contributed by atoms with van der Waals surface area (Å²) in [5.74, 6) is -0.368. The van der Waals surface area contributed by atoms with Crippen LogP contribution < -0.4 is 0 Å². The molecule has 0 radical (unpaired) electrons. The van der Waals surface area contributed by atoms with E-state index in [1.807, 2.05) is 30.3 Å². The van der Waals surface area contributed by atoms with Gasteiger partial charge in [0.05, 0.1) is 0 Å². The molecular weight excluding hydrogens is 313 g/mol. The highest BCUT2D eigenvalue weighted by atomic mass is 32.2. The maximum atomic E-state index is 13.2. The van der Waals surface area contributed by atoms with Gasteiger partial charge in [0.1, 0.15) is 11.1 Å². The van der Waals surface area contributed by atoms with E-state index in [0.29, 0.717) is 12.1 Å². The number of benzene rings is 2. The largest absolute Gasteiger partial charge is 0.340 e. The highest BCUT2D eigenvalue weighted by Crippen LogP contribution is 2.12. The third-order valence-corrected chi connectivity index (χ3v) is 5.19. The Labute approximate surface area is 138 Å². The predicted molar refractivity (Wildman–Crippen MR) is 90.6 cm³/mol. The van der Waals surface area contributed by atoms with Crippen molar-refractivity contribution in [3.8, 4) is 0 Å². The van der Waals surface area contributed by atoms with Crippen molar-refractivity contribution in [2.45, 2.75) is 24.5 Å². The van der Waals surface area contributed by atoms with Gasteiger partial charge in [-0.25, -0.2) is 4.39 Å². The van der Waals surface area contributed by atoms with E-state index < -0.39 is 16.0 Å².